The van der Waals surface area contributed by atoms with Gasteiger partial charge in [0, 0.05) is 5.02 Å². The van der Waals surface area contributed by atoms with Crippen LogP contribution in [-0.4, -0.2) is 11.1 Å². The zero-order valence-electron chi connectivity index (χ0n) is 6.20. The quantitative estimate of drug-likeness (QED) is 0.733. The van der Waals surface area contributed by atoms with Crippen molar-refractivity contribution in [1.82, 2.24) is 0 Å². The van der Waals surface area contributed by atoms with Crippen molar-refractivity contribution in [3.8, 4) is 0 Å². The number of rotatable bonds is 2. The molecule has 0 saturated heterocycles. The molecule has 4 heteroatoms. The van der Waals surface area contributed by atoms with Crippen molar-refractivity contribution in [2.75, 3.05) is 0 Å². The molecule has 3 nitrogen and oxygen atoms in total. The Bertz CT molecular complexity index is 301. The van der Waals surface area contributed by atoms with E-state index in [1.807, 2.05) is 0 Å². The van der Waals surface area contributed by atoms with E-state index in [1.165, 1.54) is 0 Å². The first-order valence-corrected chi connectivity index (χ1v) is 3.73. The first-order chi connectivity index (χ1) is 5.61. The minimum atomic E-state index is -1.06. The Hall–Kier alpha value is -1.06. The maximum absolute atomic E-state index is 10.4. The Kier molecular flexibility index (Phi) is 2.68. The third kappa shape index (κ3) is 1.96. The van der Waals surface area contributed by atoms with Crippen LogP contribution in [0.3, 0.4) is 0 Å². The van der Waals surface area contributed by atoms with Crippen molar-refractivity contribution >= 4 is 17.6 Å². The lowest BCUT2D eigenvalue weighted by Crippen LogP contribution is -2.20. The van der Waals surface area contributed by atoms with Gasteiger partial charge in [0.1, 0.15) is 6.04 Å². The molecule has 0 aliphatic heterocycles. The normalized spacial score (nSPS) is 12.5. The van der Waals surface area contributed by atoms with Crippen LogP contribution in [-0.2, 0) is 4.79 Å². The van der Waals surface area contributed by atoms with Crippen LogP contribution < -0.4 is 5.73 Å². The van der Waals surface area contributed by atoms with Crippen molar-refractivity contribution in [2.24, 2.45) is 5.73 Å². The molecular formula is C8H8ClNO2. The Morgan fingerprint density at radius 1 is 1.58 bits per heavy atom. The highest BCUT2D eigenvalue weighted by molar-refractivity contribution is 6.30. The number of benzene rings is 1. The van der Waals surface area contributed by atoms with Crippen molar-refractivity contribution in [3.05, 3.63) is 34.9 Å². The van der Waals surface area contributed by atoms with Gasteiger partial charge in [-0.25, -0.2) is 0 Å². The number of carboxylic acids is 1. The third-order valence-electron chi connectivity index (χ3n) is 1.47. The molecule has 0 radical (unpaired) electrons. The smallest absolute Gasteiger partial charge is 0.325 e. The molecule has 0 heterocycles. The maximum Gasteiger partial charge on any atom is 0.325 e. The molecule has 0 saturated carbocycles. The van der Waals surface area contributed by atoms with Gasteiger partial charge in [0.15, 0.2) is 0 Å². The van der Waals surface area contributed by atoms with Crippen LogP contribution >= 0.6 is 11.6 Å². The first-order valence-electron chi connectivity index (χ1n) is 3.35. The monoisotopic (exact) mass is 185 g/mol. The van der Waals surface area contributed by atoms with Gasteiger partial charge in [-0.1, -0.05) is 23.7 Å². The van der Waals surface area contributed by atoms with E-state index in [2.05, 4.69) is 0 Å². The lowest BCUT2D eigenvalue weighted by molar-refractivity contribution is -0.138. The number of carboxylic acid groups (broad SMARTS) is 1. The summed E-state index contributed by atoms with van der Waals surface area (Å²) in [7, 11) is 0. The molecule has 0 fully saturated rings. The van der Waals surface area contributed by atoms with Gasteiger partial charge in [-0.15, -0.1) is 0 Å². The molecule has 1 atom stereocenters. The molecule has 3 N–H and O–H groups in total. The summed E-state index contributed by atoms with van der Waals surface area (Å²) in [4.78, 5) is 10.4. The van der Waals surface area contributed by atoms with E-state index in [9.17, 15) is 4.79 Å². The molecule has 0 unspecified atom stereocenters. The summed E-state index contributed by atoms with van der Waals surface area (Å²) < 4.78 is 0. The second-order valence-corrected chi connectivity index (χ2v) is 2.81. The van der Waals surface area contributed by atoms with Crippen LogP contribution in [0.15, 0.2) is 24.3 Å². The molecule has 0 aliphatic carbocycles. The molecule has 0 amide bonds. The number of hydrogen-bond donors (Lipinski definition) is 2. The SMILES string of the molecule is N[C@@H](C(=O)O)c1cccc(Cl)c1. The maximum atomic E-state index is 10.4. The molecule has 0 aromatic heterocycles. The molecule has 1 aromatic carbocycles. The van der Waals surface area contributed by atoms with Gasteiger partial charge in [-0.2, -0.15) is 0 Å². The number of halogens is 1. The first kappa shape index (κ1) is 9.03. The van der Waals surface area contributed by atoms with Crippen LogP contribution in [0, 0.1) is 0 Å². The van der Waals surface area contributed by atoms with E-state index in [0.717, 1.165) is 0 Å². The van der Waals surface area contributed by atoms with Gasteiger partial charge in [-0.3, -0.25) is 4.79 Å². The lowest BCUT2D eigenvalue weighted by Gasteiger charge is -2.05. The van der Waals surface area contributed by atoms with E-state index < -0.39 is 12.0 Å². The van der Waals surface area contributed by atoms with Gasteiger partial charge in [0.2, 0.25) is 0 Å². The van der Waals surface area contributed by atoms with Crippen LogP contribution in [0.1, 0.15) is 11.6 Å². The summed E-state index contributed by atoms with van der Waals surface area (Å²) >= 11 is 5.65. The van der Waals surface area contributed by atoms with Crippen LogP contribution in [0.25, 0.3) is 0 Å². The summed E-state index contributed by atoms with van der Waals surface area (Å²) in [6, 6.07) is 5.51. The molecule has 0 aliphatic rings. The minimum Gasteiger partial charge on any atom is -0.480 e. The largest absolute Gasteiger partial charge is 0.480 e. The second kappa shape index (κ2) is 3.56. The highest BCUT2D eigenvalue weighted by Crippen LogP contribution is 2.15. The molecule has 12 heavy (non-hydrogen) atoms. The fraction of sp³-hybridized carbons (Fsp3) is 0.125. The van der Waals surface area contributed by atoms with Crippen LogP contribution in [0.5, 0.6) is 0 Å². The molecule has 64 valence electrons. The van der Waals surface area contributed by atoms with E-state index in [1.54, 1.807) is 24.3 Å². The summed E-state index contributed by atoms with van der Waals surface area (Å²) in [6.07, 6.45) is 0. The molecule has 0 spiro atoms. The Labute approximate surface area is 74.8 Å². The van der Waals surface area contributed by atoms with E-state index in [-0.39, 0.29) is 0 Å². The Morgan fingerprint density at radius 2 is 2.25 bits per heavy atom. The number of carbonyl (C=O) groups is 1. The average molecular weight is 186 g/mol. The van der Waals surface area contributed by atoms with Crippen LogP contribution in [0.4, 0.5) is 0 Å². The number of hydrogen-bond acceptors (Lipinski definition) is 2. The molecule has 1 rings (SSSR count). The van der Waals surface area contributed by atoms with Gasteiger partial charge < -0.3 is 10.8 Å². The predicted octanol–water partition coefficient (Wildman–Crippen LogP) is 1.42. The van der Waals surface area contributed by atoms with Gasteiger partial charge >= 0.3 is 5.97 Å². The van der Waals surface area contributed by atoms with E-state index in [0.29, 0.717) is 10.6 Å². The lowest BCUT2D eigenvalue weighted by atomic mass is 10.1. The summed E-state index contributed by atoms with van der Waals surface area (Å²) in [5.74, 6) is -1.06. The van der Waals surface area contributed by atoms with Gasteiger partial charge in [0.05, 0.1) is 0 Å². The summed E-state index contributed by atoms with van der Waals surface area (Å²) in [6.45, 7) is 0. The third-order valence-corrected chi connectivity index (χ3v) is 1.71. The molecular weight excluding hydrogens is 178 g/mol. The average Bonchev–Trinajstić information content (AvgIpc) is 2.03. The summed E-state index contributed by atoms with van der Waals surface area (Å²) in [5.41, 5.74) is 5.86. The van der Waals surface area contributed by atoms with Gasteiger partial charge in [0.25, 0.3) is 0 Å². The Morgan fingerprint density at radius 3 is 2.75 bits per heavy atom. The summed E-state index contributed by atoms with van der Waals surface area (Å²) in [5, 5.41) is 9.05. The predicted molar refractivity (Wildman–Crippen MR) is 46.0 cm³/mol. The zero-order valence-corrected chi connectivity index (χ0v) is 6.95. The second-order valence-electron chi connectivity index (χ2n) is 2.37. The van der Waals surface area contributed by atoms with Crippen molar-refractivity contribution in [1.29, 1.82) is 0 Å². The highest BCUT2D eigenvalue weighted by Gasteiger charge is 2.13. The fourth-order valence-electron chi connectivity index (χ4n) is 0.843. The number of nitrogens with two attached hydrogens (primary N) is 1. The Balaban J connectivity index is 2.95. The molecule has 0 bridgehead atoms. The van der Waals surface area contributed by atoms with E-state index in [4.69, 9.17) is 22.4 Å². The topological polar surface area (TPSA) is 63.3 Å². The fourth-order valence-corrected chi connectivity index (χ4v) is 1.04. The van der Waals surface area contributed by atoms with Crippen molar-refractivity contribution in [3.63, 3.8) is 0 Å². The van der Waals surface area contributed by atoms with Gasteiger partial charge in [-0.05, 0) is 17.7 Å². The standard InChI is InChI=1S/C8H8ClNO2/c9-6-3-1-2-5(4-6)7(10)8(11)12/h1-4,7H,10H2,(H,11,12)/t7-/m1/s1. The zero-order chi connectivity index (χ0) is 9.14. The highest BCUT2D eigenvalue weighted by atomic mass is 35.5. The molecule has 1 aromatic rings. The van der Waals surface area contributed by atoms with Crippen LogP contribution in [0.2, 0.25) is 5.02 Å². The minimum absolute atomic E-state index is 0.490. The van der Waals surface area contributed by atoms with Crippen molar-refractivity contribution in [2.45, 2.75) is 6.04 Å². The van der Waals surface area contributed by atoms with E-state index >= 15 is 0 Å². The number of aliphatic carboxylic acids is 1. The van der Waals surface area contributed by atoms with Crippen molar-refractivity contribution < 1.29 is 9.90 Å².